The van der Waals surface area contributed by atoms with Gasteiger partial charge in [-0.25, -0.2) is 18.4 Å². The second-order valence-corrected chi connectivity index (χ2v) is 10.1. The van der Waals surface area contributed by atoms with Gasteiger partial charge in [-0.15, -0.1) is 0 Å². The van der Waals surface area contributed by atoms with Gasteiger partial charge < -0.3 is 20.1 Å². The zero-order chi connectivity index (χ0) is 25.5. The van der Waals surface area contributed by atoms with Crippen molar-refractivity contribution >= 4 is 18.0 Å². The highest BCUT2D eigenvalue weighted by Gasteiger charge is 2.52. The number of alkyl carbamates (subject to hydrolysis) is 1. The summed E-state index contributed by atoms with van der Waals surface area (Å²) in [5.74, 6) is -5.89. The number of carbonyl (C=O) groups is 3. The van der Waals surface area contributed by atoms with Crippen LogP contribution in [0.3, 0.4) is 0 Å². The van der Waals surface area contributed by atoms with Crippen LogP contribution in [0.25, 0.3) is 11.1 Å². The molecule has 2 unspecified atom stereocenters. The fraction of sp³-hybridized carbons (Fsp3) is 0.423. The number of halogens is 2. The van der Waals surface area contributed by atoms with Crippen LogP contribution >= 0.6 is 0 Å². The number of benzene rings is 2. The van der Waals surface area contributed by atoms with E-state index in [1.165, 1.54) is 0 Å². The topological polar surface area (TPSA) is 95.9 Å². The van der Waals surface area contributed by atoms with E-state index in [2.05, 4.69) is 5.32 Å². The normalized spacial score (nSPS) is 19.6. The molecule has 9 heteroatoms. The van der Waals surface area contributed by atoms with Gasteiger partial charge in [0.25, 0.3) is 5.92 Å². The van der Waals surface area contributed by atoms with Crippen LogP contribution in [0, 0.1) is 5.41 Å². The summed E-state index contributed by atoms with van der Waals surface area (Å²) in [5.41, 5.74) is 3.29. The third-order valence-corrected chi connectivity index (χ3v) is 6.56. The predicted octanol–water partition coefficient (Wildman–Crippen LogP) is 4.26. The van der Waals surface area contributed by atoms with Crippen molar-refractivity contribution in [2.45, 2.75) is 51.1 Å². The van der Waals surface area contributed by atoms with Crippen LogP contribution in [0.2, 0.25) is 0 Å². The van der Waals surface area contributed by atoms with Crippen LogP contribution in [0.5, 0.6) is 0 Å². The first-order valence-corrected chi connectivity index (χ1v) is 11.4. The summed E-state index contributed by atoms with van der Waals surface area (Å²) in [6, 6.07) is 12.8. The Labute approximate surface area is 202 Å². The molecule has 0 radical (unpaired) electrons. The monoisotopic (exact) mass is 486 g/mol. The molecule has 0 spiro atoms. The van der Waals surface area contributed by atoms with Gasteiger partial charge in [-0.05, 0) is 27.7 Å². The number of carboxylic acids is 1. The van der Waals surface area contributed by atoms with Crippen molar-refractivity contribution in [2.75, 3.05) is 13.2 Å². The Morgan fingerprint density at radius 2 is 1.63 bits per heavy atom. The minimum absolute atomic E-state index is 0.0183. The lowest BCUT2D eigenvalue weighted by Gasteiger charge is -2.34. The van der Waals surface area contributed by atoms with E-state index >= 15 is 0 Å². The summed E-state index contributed by atoms with van der Waals surface area (Å²) in [4.78, 5) is 38.1. The van der Waals surface area contributed by atoms with Gasteiger partial charge in [-0.2, -0.15) is 0 Å². The highest BCUT2D eigenvalue weighted by Crippen LogP contribution is 2.44. The summed E-state index contributed by atoms with van der Waals surface area (Å²) in [7, 11) is 0. The Morgan fingerprint density at radius 1 is 1.09 bits per heavy atom. The number of ether oxygens (including phenoxy) is 1. The molecule has 2 N–H and O–H groups in total. The zero-order valence-corrected chi connectivity index (χ0v) is 19.8. The molecule has 7 nitrogen and oxygen atoms in total. The first kappa shape index (κ1) is 24.6. The summed E-state index contributed by atoms with van der Waals surface area (Å²) in [5, 5.41) is 11.9. The summed E-state index contributed by atoms with van der Waals surface area (Å²) >= 11 is 0. The van der Waals surface area contributed by atoms with Crippen LogP contribution in [0.4, 0.5) is 13.6 Å². The third kappa shape index (κ3) is 4.85. The Kier molecular flexibility index (Phi) is 6.29. The number of nitrogens with zero attached hydrogens (tertiary/aromatic N) is 1. The Hall–Kier alpha value is -3.49. The van der Waals surface area contributed by atoms with E-state index in [1.54, 1.807) is 20.8 Å². The lowest BCUT2D eigenvalue weighted by Crippen LogP contribution is -2.57. The SMILES string of the molecule is CC(C)(C)C(NC(=O)OCC1c2ccccc2-c2ccccc21)C(=O)N1CC(F)(F)CC1C(=O)O. The minimum atomic E-state index is -3.31. The molecule has 4 rings (SSSR count). The molecule has 0 aromatic heterocycles. The molecule has 0 saturated carbocycles. The lowest BCUT2D eigenvalue weighted by molar-refractivity contribution is -0.150. The smallest absolute Gasteiger partial charge is 0.407 e. The second kappa shape index (κ2) is 8.94. The van der Waals surface area contributed by atoms with Gasteiger partial charge in [-0.1, -0.05) is 69.3 Å². The van der Waals surface area contributed by atoms with Crippen molar-refractivity contribution in [3.63, 3.8) is 0 Å². The van der Waals surface area contributed by atoms with Crippen LogP contribution in [0.1, 0.15) is 44.2 Å². The van der Waals surface area contributed by atoms with Gasteiger partial charge in [-0.3, -0.25) is 4.79 Å². The van der Waals surface area contributed by atoms with Gasteiger partial charge in [0.15, 0.2) is 0 Å². The van der Waals surface area contributed by atoms with E-state index in [1.807, 2.05) is 48.5 Å². The number of nitrogens with one attached hydrogen (secondary N) is 1. The molecule has 1 heterocycles. The first-order valence-electron chi connectivity index (χ1n) is 11.4. The van der Waals surface area contributed by atoms with E-state index in [-0.39, 0.29) is 12.5 Å². The van der Waals surface area contributed by atoms with Crippen molar-refractivity contribution in [3.8, 4) is 11.1 Å². The Balaban J connectivity index is 1.49. The van der Waals surface area contributed by atoms with Crippen molar-refractivity contribution in [2.24, 2.45) is 5.41 Å². The lowest BCUT2D eigenvalue weighted by atomic mass is 9.85. The summed E-state index contributed by atoms with van der Waals surface area (Å²) < 4.78 is 33.4. The maximum absolute atomic E-state index is 14.0. The van der Waals surface area contributed by atoms with Crippen LogP contribution in [-0.2, 0) is 14.3 Å². The van der Waals surface area contributed by atoms with Crippen molar-refractivity contribution in [3.05, 3.63) is 59.7 Å². The van der Waals surface area contributed by atoms with Crippen molar-refractivity contribution in [1.82, 2.24) is 10.2 Å². The van der Waals surface area contributed by atoms with Crippen LogP contribution in [-0.4, -0.2) is 59.1 Å². The molecule has 35 heavy (non-hydrogen) atoms. The zero-order valence-electron chi connectivity index (χ0n) is 19.8. The van der Waals surface area contributed by atoms with E-state index in [0.717, 1.165) is 22.3 Å². The highest BCUT2D eigenvalue weighted by molar-refractivity contribution is 5.90. The van der Waals surface area contributed by atoms with Gasteiger partial charge >= 0.3 is 12.1 Å². The van der Waals surface area contributed by atoms with Gasteiger partial charge in [0, 0.05) is 12.3 Å². The number of amides is 2. The minimum Gasteiger partial charge on any atom is -0.480 e. The molecular weight excluding hydrogens is 458 g/mol. The highest BCUT2D eigenvalue weighted by atomic mass is 19.3. The van der Waals surface area contributed by atoms with E-state index in [9.17, 15) is 28.3 Å². The summed E-state index contributed by atoms with van der Waals surface area (Å²) in [6.45, 7) is 3.97. The fourth-order valence-electron chi connectivity index (χ4n) is 4.84. The molecule has 186 valence electrons. The fourth-order valence-corrected chi connectivity index (χ4v) is 4.84. The number of rotatable bonds is 5. The standard InChI is InChI=1S/C26H28F2N2O5/c1-25(2,3)21(22(31)30-14-26(27,28)12-20(30)23(32)33)29-24(34)35-13-19-17-10-6-4-8-15(17)16-9-5-7-11-18(16)19/h4-11,19-21H,12-14H2,1-3H3,(H,29,34)(H,32,33). The number of hydrogen-bond donors (Lipinski definition) is 2. The molecule has 1 aliphatic heterocycles. The molecule has 2 atom stereocenters. The number of carboxylic acid groups (broad SMARTS) is 1. The average Bonchev–Trinajstić information content (AvgIpc) is 3.29. The number of alkyl halides is 2. The third-order valence-electron chi connectivity index (χ3n) is 6.56. The largest absolute Gasteiger partial charge is 0.480 e. The van der Waals surface area contributed by atoms with Crippen LogP contribution < -0.4 is 5.32 Å². The quantitative estimate of drug-likeness (QED) is 0.659. The molecule has 2 amide bonds. The first-order chi connectivity index (χ1) is 16.4. The summed E-state index contributed by atoms with van der Waals surface area (Å²) in [6.07, 6.45) is -1.84. The molecule has 2 aromatic rings. The molecule has 2 aliphatic rings. The number of hydrogen-bond acceptors (Lipinski definition) is 4. The van der Waals surface area contributed by atoms with Gasteiger partial charge in [0.05, 0.1) is 6.54 Å². The Bertz CT molecular complexity index is 1110. The number of likely N-dealkylation sites (tertiary alicyclic amines) is 1. The van der Waals surface area contributed by atoms with Gasteiger partial charge in [0.1, 0.15) is 18.7 Å². The maximum Gasteiger partial charge on any atom is 0.407 e. The van der Waals surface area contributed by atoms with Gasteiger partial charge in [0.2, 0.25) is 5.91 Å². The van der Waals surface area contributed by atoms with Crippen molar-refractivity contribution in [1.29, 1.82) is 0 Å². The molecule has 2 aromatic carbocycles. The Morgan fingerprint density at radius 3 is 2.14 bits per heavy atom. The molecular formula is C26H28F2N2O5. The predicted molar refractivity (Wildman–Crippen MR) is 124 cm³/mol. The maximum atomic E-state index is 14.0. The molecule has 1 fully saturated rings. The number of carbonyl (C=O) groups excluding carboxylic acids is 2. The average molecular weight is 487 g/mol. The number of aliphatic carboxylic acids is 1. The number of fused-ring (bicyclic) bond motifs is 3. The van der Waals surface area contributed by atoms with E-state index in [0.29, 0.717) is 4.90 Å². The molecule has 1 saturated heterocycles. The van der Waals surface area contributed by atoms with E-state index < -0.39 is 54.4 Å². The van der Waals surface area contributed by atoms with Crippen molar-refractivity contribution < 1.29 is 33.0 Å². The van der Waals surface area contributed by atoms with Crippen LogP contribution in [0.15, 0.2) is 48.5 Å². The molecule has 0 bridgehead atoms. The van der Waals surface area contributed by atoms with E-state index in [4.69, 9.17) is 4.74 Å². The molecule has 1 aliphatic carbocycles. The second-order valence-electron chi connectivity index (χ2n) is 10.1.